The van der Waals surface area contributed by atoms with Crippen molar-refractivity contribution >= 4 is 16.9 Å². The molecule has 0 amide bonds. The van der Waals surface area contributed by atoms with Crippen LogP contribution >= 0.6 is 11.8 Å². The van der Waals surface area contributed by atoms with Crippen molar-refractivity contribution in [2.24, 2.45) is 4.99 Å². The normalized spacial score (nSPS) is 24.1. The van der Waals surface area contributed by atoms with E-state index in [-0.39, 0.29) is 0 Å². The van der Waals surface area contributed by atoms with Crippen LogP contribution in [0.3, 0.4) is 0 Å². The molecule has 0 aliphatic carbocycles. The van der Waals surface area contributed by atoms with Crippen LogP contribution in [-0.4, -0.2) is 38.5 Å². The predicted octanol–water partition coefficient (Wildman–Crippen LogP) is 0.359. The highest BCUT2D eigenvalue weighted by atomic mass is 32.2. The van der Waals surface area contributed by atoms with Gasteiger partial charge in [-0.15, -0.1) is 5.10 Å². The molecule has 1 N–H and O–H groups in total. The lowest BCUT2D eigenvalue weighted by atomic mass is 10.4. The molecule has 1 fully saturated rings. The van der Waals surface area contributed by atoms with E-state index in [1.807, 2.05) is 6.20 Å². The van der Waals surface area contributed by atoms with Crippen molar-refractivity contribution in [3.8, 4) is 0 Å². The van der Waals surface area contributed by atoms with Crippen LogP contribution in [0.5, 0.6) is 0 Å². The zero-order valence-corrected chi connectivity index (χ0v) is 8.87. The Morgan fingerprint density at radius 3 is 3.36 bits per heavy atom. The molecule has 6 heteroatoms. The van der Waals surface area contributed by atoms with E-state index in [4.69, 9.17) is 0 Å². The summed E-state index contributed by atoms with van der Waals surface area (Å²) in [5, 5.41) is 11.9. The summed E-state index contributed by atoms with van der Waals surface area (Å²) in [6, 6.07) is 0.546. The van der Waals surface area contributed by atoms with E-state index in [1.54, 1.807) is 22.6 Å². The number of nitrogens with zero attached hydrogens (tertiary/aromatic N) is 4. The molecule has 2 heterocycles. The first-order valence-corrected chi connectivity index (χ1v) is 5.61. The second-order valence-corrected chi connectivity index (χ2v) is 4.22. The van der Waals surface area contributed by atoms with Gasteiger partial charge >= 0.3 is 0 Å². The van der Waals surface area contributed by atoms with Crippen LogP contribution in [0.25, 0.3) is 0 Å². The van der Waals surface area contributed by atoms with Gasteiger partial charge in [0.15, 0.2) is 5.17 Å². The monoisotopic (exact) mass is 211 g/mol. The summed E-state index contributed by atoms with van der Waals surface area (Å²) < 4.78 is 1.78. The van der Waals surface area contributed by atoms with Gasteiger partial charge in [-0.05, 0) is 6.92 Å². The van der Waals surface area contributed by atoms with Gasteiger partial charge in [-0.2, -0.15) is 0 Å². The lowest BCUT2D eigenvalue weighted by molar-refractivity contribution is 0.598. The third-order valence-electron chi connectivity index (χ3n) is 1.90. The van der Waals surface area contributed by atoms with Gasteiger partial charge in [0, 0.05) is 18.0 Å². The van der Waals surface area contributed by atoms with E-state index in [0.717, 1.165) is 24.0 Å². The first-order chi connectivity index (χ1) is 6.84. The highest BCUT2D eigenvalue weighted by molar-refractivity contribution is 8.14. The maximum atomic E-state index is 4.43. The molecule has 0 spiro atoms. The Hall–Kier alpha value is -1.04. The summed E-state index contributed by atoms with van der Waals surface area (Å²) >= 11 is 1.78. The number of rotatable bonds is 3. The van der Waals surface area contributed by atoms with Crippen molar-refractivity contribution < 1.29 is 0 Å². The highest BCUT2D eigenvalue weighted by Gasteiger charge is 2.14. The molecule has 76 valence electrons. The van der Waals surface area contributed by atoms with Crippen molar-refractivity contribution in [1.29, 1.82) is 0 Å². The Balaban J connectivity index is 1.77. The summed E-state index contributed by atoms with van der Waals surface area (Å²) in [5.41, 5.74) is 0. The van der Waals surface area contributed by atoms with E-state index in [9.17, 15) is 0 Å². The Morgan fingerprint density at radius 2 is 2.71 bits per heavy atom. The highest BCUT2D eigenvalue weighted by Crippen LogP contribution is 2.12. The summed E-state index contributed by atoms with van der Waals surface area (Å²) in [5.74, 6) is 1.11. The maximum Gasteiger partial charge on any atom is 0.156 e. The van der Waals surface area contributed by atoms with Crippen LogP contribution in [0.15, 0.2) is 17.4 Å². The van der Waals surface area contributed by atoms with E-state index in [1.165, 1.54) is 0 Å². The van der Waals surface area contributed by atoms with Crippen LogP contribution in [-0.2, 0) is 6.54 Å². The first-order valence-electron chi connectivity index (χ1n) is 4.62. The molecule has 1 saturated heterocycles. The van der Waals surface area contributed by atoms with Gasteiger partial charge in [-0.25, -0.2) is 0 Å². The predicted molar refractivity (Wildman–Crippen MR) is 57.4 cm³/mol. The molecule has 0 bridgehead atoms. The zero-order valence-electron chi connectivity index (χ0n) is 8.05. The van der Waals surface area contributed by atoms with E-state index < -0.39 is 0 Å². The number of aromatic nitrogens is 3. The molecule has 0 saturated carbocycles. The Labute approximate surface area is 87.0 Å². The lowest BCUT2D eigenvalue weighted by Gasteiger charge is -2.00. The molecular weight excluding hydrogens is 198 g/mol. The average Bonchev–Trinajstić information content (AvgIpc) is 2.77. The number of hydrogen-bond acceptors (Lipinski definition) is 4. The largest absolute Gasteiger partial charge is 0.362 e. The zero-order chi connectivity index (χ0) is 9.80. The number of amidine groups is 1. The average molecular weight is 211 g/mol. The number of thioether (sulfide) groups is 1. The van der Waals surface area contributed by atoms with Crippen LogP contribution < -0.4 is 5.32 Å². The third kappa shape index (κ3) is 2.47. The van der Waals surface area contributed by atoms with Crippen molar-refractivity contribution in [3.05, 3.63) is 12.4 Å². The Kier molecular flexibility index (Phi) is 3.03. The smallest absolute Gasteiger partial charge is 0.156 e. The van der Waals surface area contributed by atoms with Crippen molar-refractivity contribution in [3.63, 3.8) is 0 Å². The van der Waals surface area contributed by atoms with E-state index >= 15 is 0 Å². The van der Waals surface area contributed by atoms with Gasteiger partial charge in [0.2, 0.25) is 0 Å². The van der Waals surface area contributed by atoms with Gasteiger partial charge < -0.3 is 5.32 Å². The minimum atomic E-state index is 0.546. The number of aliphatic imine (C=N–C) groups is 1. The van der Waals surface area contributed by atoms with Gasteiger partial charge in [0.25, 0.3) is 0 Å². The van der Waals surface area contributed by atoms with Crippen LogP contribution in [0.4, 0.5) is 0 Å². The van der Waals surface area contributed by atoms with Crippen molar-refractivity contribution in [2.45, 2.75) is 19.5 Å². The van der Waals surface area contributed by atoms with Gasteiger partial charge in [0.1, 0.15) is 0 Å². The molecule has 1 atom stereocenters. The second-order valence-electron chi connectivity index (χ2n) is 3.21. The third-order valence-corrected chi connectivity index (χ3v) is 3.08. The van der Waals surface area contributed by atoms with E-state index in [2.05, 4.69) is 27.5 Å². The molecule has 0 aromatic carbocycles. The minimum Gasteiger partial charge on any atom is -0.362 e. The standard InChI is InChI=1S/C8H13N5S/c1-7-6-14-8(11-7)9-2-4-13-5-3-10-12-13/h3,5,7H,2,4,6H2,1H3,(H,9,11). The molecule has 1 unspecified atom stereocenters. The molecule has 2 rings (SSSR count). The summed E-state index contributed by atoms with van der Waals surface area (Å²) in [6.45, 7) is 3.71. The Morgan fingerprint density at radius 1 is 1.79 bits per heavy atom. The maximum absolute atomic E-state index is 4.43. The second kappa shape index (κ2) is 4.45. The molecular formula is C8H13N5S. The molecule has 1 aliphatic rings. The minimum absolute atomic E-state index is 0.546. The van der Waals surface area contributed by atoms with Crippen LogP contribution in [0.1, 0.15) is 6.92 Å². The Bertz CT molecular complexity index is 308. The molecule has 0 radical (unpaired) electrons. The first kappa shape index (κ1) is 9.51. The van der Waals surface area contributed by atoms with Crippen molar-refractivity contribution in [1.82, 2.24) is 20.3 Å². The molecule has 1 aromatic heterocycles. The molecule has 14 heavy (non-hydrogen) atoms. The molecule has 1 aromatic rings. The topological polar surface area (TPSA) is 55.1 Å². The quantitative estimate of drug-likeness (QED) is 0.784. The van der Waals surface area contributed by atoms with Gasteiger partial charge in [-0.3, -0.25) is 9.67 Å². The summed E-state index contributed by atoms with van der Waals surface area (Å²) in [6.07, 6.45) is 3.52. The number of hydrogen-bond donors (Lipinski definition) is 1. The fraction of sp³-hybridized carbons (Fsp3) is 0.625. The van der Waals surface area contributed by atoms with Crippen LogP contribution in [0.2, 0.25) is 0 Å². The molecule has 5 nitrogen and oxygen atoms in total. The van der Waals surface area contributed by atoms with Crippen molar-refractivity contribution in [2.75, 3.05) is 12.3 Å². The molecule has 1 aliphatic heterocycles. The summed E-state index contributed by atoms with van der Waals surface area (Å²) in [4.78, 5) is 4.43. The van der Waals surface area contributed by atoms with Gasteiger partial charge in [-0.1, -0.05) is 17.0 Å². The van der Waals surface area contributed by atoms with E-state index in [0.29, 0.717) is 6.04 Å². The fourth-order valence-electron chi connectivity index (χ4n) is 1.20. The summed E-state index contributed by atoms with van der Waals surface area (Å²) in [7, 11) is 0. The fourth-order valence-corrected chi connectivity index (χ4v) is 2.15. The van der Waals surface area contributed by atoms with Crippen LogP contribution in [0, 0.1) is 0 Å². The number of nitrogens with one attached hydrogen (secondary N) is 1. The lowest BCUT2D eigenvalue weighted by Crippen LogP contribution is -2.23. The SMILES string of the molecule is CC1CSC(=NCCn2ccnn2)N1. The van der Waals surface area contributed by atoms with Gasteiger partial charge in [0.05, 0.1) is 19.3 Å².